The lowest BCUT2D eigenvalue weighted by Gasteiger charge is -2.19. The zero-order chi connectivity index (χ0) is 18.9. The SMILES string of the molecule is CCNC(=NCC(C)Oc1ccccc1F)NC1CCN(C(=O)CC)C1.I. The van der Waals surface area contributed by atoms with Gasteiger partial charge in [0, 0.05) is 32.1 Å². The van der Waals surface area contributed by atoms with Crippen LogP contribution in [0.25, 0.3) is 0 Å². The van der Waals surface area contributed by atoms with Gasteiger partial charge in [0.15, 0.2) is 17.5 Å². The molecule has 2 N–H and O–H groups in total. The van der Waals surface area contributed by atoms with E-state index in [1.807, 2.05) is 25.7 Å². The first-order valence-electron chi connectivity index (χ1n) is 9.27. The average molecular weight is 492 g/mol. The molecular weight excluding hydrogens is 462 g/mol. The van der Waals surface area contributed by atoms with Crippen molar-refractivity contribution in [3.8, 4) is 5.75 Å². The van der Waals surface area contributed by atoms with Crippen molar-refractivity contribution >= 4 is 35.8 Å². The average Bonchev–Trinajstić information content (AvgIpc) is 3.10. The van der Waals surface area contributed by atoms with Gasteiger partial charge in [-0.15, -0.1) is 24.0 Å². The van der Waals surface area contributed by atoms with Gasteiger partial charge in [0.2, 0.25) is 5.91 Å². The Balaban J connectivity index is 0.00000364. The van der Waals surface area contributed by atoms with Crippen molar-refractivity contribution in [2.75, 3.05) is 26.2 Å². The Morgan fingerprint density at radius 2 is 2.15 bits per heavy atom. The number of hydrogen-bond acceptors (Lipinski definition) is 3. The fourth-order valence-corrected chi connectivity index (χ4v) is 2.86. The molecular formula is C19H30FIN4O2. The monoisotopic (exact) mass is 492 g/mol. The van der Waals surface area contributed by atoms with Crippen LogP contribution in [-0.2, 0) is 4.79 Å². The molecule has 2 atom stereocenters. The van der Waals surface area contributed by atoms with Crippen LogP contribution >= 0.6 is 24.0 Å². The van der Waals surface area contributed by atoms with Crippen LogP contribution in [0.1, 0.15) is 33.6 Å². The number of ether oxygens (including phenoxy) is 1. The summed E-state index contributed by atoms with van der Waals surface area (Å²) in [6.45, 7) is 8.34. The van der Waals surface area contributed by atoms with E-state index in [4.69, 9.17) is 4.74 Å². The Hall–Kier alpha value is -1.58. The molecule has 2 unspecified atom stereocenters. The number of halogens is 2. The van der Waals surface area contributed by atoms with Crippen molar-refractivity contribution in [1.29, 1.82) is 0 Å². The molecule has 0 aliphatic carbocycles. The molecule has 6 nitrogen and oxygen atoms in total. The van der Waals surface area contributed by atoms with Crippen LogP contribution in [0.15, 0.2) is 29.3 Å². The zero-order valence-electron chi connectivity index (χ0n) is 16.2. The molecule has 1 aromatic rings. The molecule has 0 radical (unpaired) electrons. The second-order valence-corrected chi connectivity index (χ2v) is 6.40. The number of carbonyl (C=O) groups excluding carboxylic acids is 1. The third-order valence-electron chi connectivity index (χ3n) is 4.20. The number of para-hydroxylation sites is 1. The number of amides is 1. The third kappa shape index (κ3) is 7.51. The first-order valence-corrected chi connectivity index (χ1v) is 9.27. The molecule has 1 heterocycles. The minimum atomic E-state index is -0.375. The lowest BCUT2D eigenvalue weighted by Crippen LogP contribution is -2.45. The summed E-state index contributed by atoms with van der Waals surface area (Å²) < 4.78 is 19.3. The van der Waals surface area contributed by atoms with Gasteiger partial charge in [-0.1, -0.05) is 19.1 Å². The Labute approximate surface area is 178 Å². The number of nitrogens with one attached hydrogen (secondary N) is 2. The third-order valence-corrected chi connectivity index (χ3v) is 4.20. The van der Waals surface area contributed by atoms with Gasteiger partial charge in [-0.25, -0.2) is 9.38 Å². The number of hydrogen-bond donors (Lipinski definition) is 2. The Kier molecular flexibility index (Phi) is 10.4. The molecule has 0 saturated carbocycles. The molecule has 1 aliphatic heterocycles. The zero-order valence-corrected chi connectivity index (χ0v) is 18.5. The van der Waals surface area contributed by atoms with Crippen LogP contribution in [0.3, 0.4) is 0 Å². The molecule has 152 valence electrons. The van der Waals surface area contributed by atoms with E-state index in [2.05, 4.69) is 15.6 Å². The molecule has 2 rings (SSSR count). The van der Waals surface area contributed by atoms with Crippen molar-refractivity contribution in [3.63, 3.8) is 0 Å². The van der Waals surface area contributed by atoms with Crippen molar-refractivity contribution in [3.05, 3.63) is 30.1 Å². The fraction of sp³-hybridized carbons (Fsp3) is 0.579. The number of likely N-dealkylation sites (tertiary alicyclic amines) is 1. The van der Waals surface area contributed by atoms with Crippen molar-refractivity contribution < 1.29 is 13.9 Å². The Morgan fingerprint density at radius 3 is 2.81 bits per heavy atom. The quantitative estimate of drug-likeness (QED) is 0.349. The number of aliphatic imine (C=N–C) groups is 1. The van der Waals surface area contributed by atoms with Crippen LogP contribution < -0.4 is 15.4 Å². The number of carbonyl (C=O) groups is 1. The Morgan fingerprint density at radius 1 is 1.41 bits per heavy atom. The van der Waals surface area contributed by atoms with Crippen molar-refractivity contribution in [1.82, 2.24) is 15.5 Å². The van der Waals surface area contributed by atoms with E-state index in [-0.39, 0.29) is 53.6 Å². The minimum absolute atomic E-state index is 0. The summed E-state index contributed by atoms with van der Waals surface area (Å²) in [5, 5.41) is 6.58. The van der Waals surface area contributed by atoms with Crippen LogP contribution in [0.2, 0.25) is 0 Å². The van der Waals surface area contributed by atoms with Gasteiger partial charge in [0.25, 0.3) is 0 Å². The summed E-state index contributed by atoms with van der Waals surface area (Å²) in [6, 6.07) is 6.54. The molecule has 8 heteroatoms. The summed E-state index contributed by atoms with van der Waals surface area (Å²) in [6.07, 6.45) is 1.17. The molecule has 0 bridgehead atoms. The lowest BCUT2D eigenvalue weighted by atomic mass is 10.3. The van der Waals surface area contributed by atoms with Crippen molar-refractivity contribution in [2.24, 2.45) is 4.99 Å². The van der Waals surface area contributed by atoms with Gasteiger partial charge >= 0.3 is 0 Å². The van der Waals surface area contributed by atoms with Gasteiger partial charge in [-0.2, -0.15) is 0 Å². The standard InChI is InChI=1S/C19H29FN4O2.HI/c1-4-18(25)24-11-10-15(13-24)23-19(21-5-2)22-12-14(3)26-17-9-7-6-8-16(17)20;/h6-9,14-15H,4-5,10-13H2,1-3H3,(H2,21,22,23);1H. The molecule has 27 heavy (non-hydrogen) atoms. The largest absolute Gasteiger partial charge is 0.486 e. The molecule has 0 aromatic heterocycles. The van der Waals surface area contributed by atoms with E-state index >= 15 is 0 Å². The normalized spacial score (nSPS) is 17.9. The summed E-state index contributed by atoms with van der Waals surface area (Å²) >= 11 is 0. The van der Waals surface area contributed by atoms with Crippen LogP contribution in [0.5, 0.6) is 5.75 Å². The highest BCUT2D eigenvalue weighted by molar-refractivity contribution is 14.0. The highest BCUT2D eigenvalue weighted by atomic mass is 127. The van der Waals surface area contributed by atoms with Gasteiger partial charge in [-0.05, 0) is 32.4 Å². The highest BCUT2D eigenvalue weighted by Crippen LogP contribution is 2.17. The molecule has 1 amide bonds. The minimum Gasteiger partial charge on any atom is -0.486 e. The van der Waals surface area contributed by atoms with Gasteiger partial charge < -0.3 is 20.3 Å². The maximum absolute atomic E-state index is 13.7. The van der Waals surface area contributed by atoms with Crippen LogP contribution in [0, 0.1) is 5.82 Å². The predicted molar refractivity (Wildman–Crippen MR) is 116 cm³/mol. The lowest BCUT2D eigenvalue weighted by molar-refractivity contribution is -0.129. The maximum Gasteiger partial charge on any atom is 0.222 e. The predicted octanol–water partition coefficient (Wildman–Crippen LogP) is 2.78. The van der Waals surface area contributed by atoms with E-state index in [0.717, 1.165) is 19.5 Å². The first-order chi connectivity index (χ1) is 12.5. The number of guanidine groups is 1. The van der Waals surface area contributed by atoms with Gasteiger partial charge in [-0.3, -0.25) is 4.79 Å². The summed E-state index contributed by atoms with van der Waals surface area (Å²) in [4.78, 5) is 18.2. The Bertz CT molecular complexity index is 629. The van der Waals surface area contributed by atoms with E-state index in [1.165, 1.54) is 6.07 Å². The highest BCUT2D eigenvalue weighted by Gasteiger charge is 2.25. The van der Waals surface area contributed by atoms with E-state index in [9.17, 15) is 9.18 Å². The summed E-state index contributed by atoms with van der Waals surface area (Å²) in [7, 11) is 0. The topological polar surface area (TPSA) is 66.0 Å². The first kappa shape index (κ1) is 23.5. The number of nitrogens with zero attached hydrogens (tertiary/aromatic N) is 2. The van der Waals surface area contributed by atoms with Gasteiger partial charge in [0.1, 0.15) is 6.10 Å². The summed E-state index contributed by atoms with van der Waals surface area (Å²) in [5.41, 5.74) is 0. The van der Waals surface area contributed by atoms with Crippen LogP contribution in [0.4, 0.5) is 4.39 Å². The summed E-state index contributed by atoms with van der Waals surface area (Å²) in [5.74, 6) is 0.730. The smallest absolute Gasteiger partial charge is 0.222 e. The molecule has 1 aliphatic rings. The van der Waals surface area contributed by atoms with E-state index in [0.29, 0.717) is 25.5 Å². The molecule has 1 fully saturated rings. The molecule has 1 saturated heterocycles. The molecule has 0 spiro atoms. The van der Waals surface area contributed by atoms with E-state index < -0.39 is 0 Å². The number of benzene rings is 1. The molecule has 1 aromatic carbocycles. The second kappa shape index (κ2) is 12.0. The second-order valence-electron chi connectivity index (χ2n) is 6.40. The maximum atomic E-state index is 13.7. The van der Waals surface area contributed by atoms with Crippen molar-refractivity contribution in [2.45, 2.75) is 45.8 Å². The fourth-order valence-electron chi connectivity index (χ4n) is 2.86. The van der Waals surface area contributed by atoms with E-state index in [1.54, 1.807) is 18.2 Å². The van der Waals surface area contributed by atoms with Crippen LogP contribution in [-0.4, -0.2) is 55.1 Å². The van der Waals surface area contributed by atoms with Gasteiger partial charge in [0.05, 0.1) is 6.54 Å². The number of rotatable bonds is 7.